The summed E-state index contributed by atoms with van der Waals surface area (Å²) in [4.78, 5) is 34.8. The van der Waals surface area contributed by atoms with Crippen LogP contribution in [0.4, 0.5) is 0 Å². The molecule has 2 aromatic carbocycles. The van der Waals surface area contributed by atoms with Gasteiger partial charge in [0.05, 0.1) is 28.2 Å². The number of thiazole rings is 1. The van der Waals surface area contributed by atoms with Gasteiger partial charge in [-0.2, -0.15) is 0 Å². The molecule has 5 rings (SSSR count). The summed E-state index contributed by atoms with van der Waals surface area (Å²) in [6, 6.07) is 18.2. The van der Waals surface area contributed by atoms with Crippen LogP contribution >= 0.6 is 11.3 Å². The SMILES string of the molecule is C[C@H](c1ccccc1)N1C[C@@H](C(=O)N2CCC[C@H]2c2nc3ccccc3s2)CC1=O. The molecule has 0 spiro atoms. The molecule has 2 fully saturated rings. The van der Waals surface area contributed by atoms with E-state index in [0.29, 0.717) is 13.0 Å². The van der Waals surface area contributed by atoms with Gasteiger partial charge in [0.2, 0.25) is 11.8 Å². The molecule has 3 atom stereocenters. The second-order valence-electron chi connectivity index (χ2n) is 8.24. The van der Waals surface area contributed by atoms with Crippen LogP contribution in [-0.2, 0) is 9.59 Å². The van der Waals surface area contributed by atoms with Gasteiger partial charge in [-0.3, -0.25) is 9.59 Å². The molecule has 154 valence electrons. The second-order valence-corrected chi connectivity index (χ2v) is 9.31. The standard InChI is InChI=1S/C24H25N3O2S/c1-16(17-8-3-2-4-9-17)27-15-18(14-22(27)28)24(29)26-13-7-11-20(26)23-25-19-10-5-6-12-21(19)30-23/h2-6,8-10,12,16,18,20H,7,11,13-15H2,1H3/t16-,18+,20+/m1/s1. The highest BCUT2D eigenvalue weighted by atomic mass is 32.1. The van der Waals surface area contributed by atoms with E-state index in [9.17, 15) is 9.59 Å². The van der Waals surface area contributed by atoms with Gasteiger partial charge in [-0.15, -0.1) is 11.3 Å². The van der Waals surface area contributed by atoms with Crippen LogP contribution in [-0.4, -0.2) is 39.7 Å². The summed E-state index contributed by atoms with van der Waals surface area (Å²) in [7, 11) is 0. The van der Waals surface area contributed by atoms with Crippen molar-refractivity contribution in [2.45, 2.75) is 38.3 Å². The predicted molar refractivity (Wildman–Crippen MR) is 118 cm³/mol. The molecule has 3 aromatic rings. The Morgan fingerprint density at radius 2 is 1.90 bits per heavy atom. The van der Waals surface area contributed by atoms with E-state index < -0.39 is 0 Å². The molecule has 0 N–H and O–H groups in total. The Balaban J connectivity index is 1.33. The van der Waals surface area contributed by atoms with Crippen LogP contribution in [0.25, 0.3) is 10.2 Å². The molecule has 0 unspecified atom stereocenters. The second kappa shape index (κ2) is 7.84. The monoisotopic (exact) mass is 419 g/mol. The zero-order valence-corrected chi connectivity index (χ0v) is 17.8. The number of rotatable bonds is 4. The number of carbonyl (C=O) groups is 2. The number of nitrogens with zero attached hydrogens (tertiary/aromatic N) is 3. The summed E-state index contributed by atoms with van der Waals surface area (Å²) in [5, 5.41) is 1.01. The van der Waals surface area contributed by atoms with Crippen molar-refractivity contribution < 1.29 is 9.59 Å². The molecule has 0 bridgehead atoms. The Kier molecular flexibility index (Phi) is 5.03. The number of hydrogen-bond donors (Lipinski definition) is 0. The van der Waals surface area contributed by atoms with Crippen LogP contribution in [0.5, 0.6) is 0 Å². The molecule has 0 aliphatic carbocycles. The summed E-state index contributed by atoms with van der Waals surface area (Å²) < 4.78 is 1.16. The van der Waals surface area contributed by atoms with Crippen LogP contribution in [0.15, 0.2) is 54.6 Å². The molecule has 30 heavy (non-hydrogen) atoms. The van der Waals surface area contributed by atoms with Crippen molar-refractivity contribution in [1.82, 2.24) is 14.8 Å². The average molecular weight is 420 g/mol. The first-order chi connectivity index (χ1) is 14.6. The number of benzene rings is 2. The van der Waals surface area contributed by atoms with E-state index in [-0.39, 0.29) is 29.8 Å². The summed E-state index contributed by atoms with van der Waals surface area (Å²) in [5.41, 5.74) is 2.10. The van der Waals surface area contributed by atoms with Crippen molar-refractivity contribution in [3.63, 3.8) is 0 Å². The number of hydrogen-bond acceptors (Lipinski definition) is 4. The molecule has 2 amide bonds. The summed E-state index contributed by atoms with van der Waals surface area (Å²) >= 11 is 1.68. The first-order valence-electron chi connectivity index (χ1n) is 10.6. The highest BCUT2D eigenvalue weighted by molar-refractivity contribution is 7.18. The number of carbonyl (C=O) groups excluding carboxylic acids is 2. The van der Waals surface area contributed by atoms with Gasteiger partial charge in [-0.25, -0.2) is 4.98 Å². The van der Waals surface area contributed by atoms with Crippen molar-refractivity contribution in [3.05, 3.63) is 65.2 Å². The van der Waals surface area contributed by atoms with Gasteiger partial charge < -0.3 is 9.80 Å². The quantitative estimate of drug-likeness (QED) is 0.622. The van der Waals surface area contributed by atoms with Crippen LogP contribution in [0.2, 0.25) is 0 Å². The van der Waals surface area contributed by atoms with Crippen molar-refractivity contribution in [1.29, 1.82) is 0 Å². The zero-order valence-electron chi connectivity index (χ0n) is 17.0. The minimum absolute atomic E-state index is 0.0184. The topological polar surface area (TPSA) is 53.5 Å². The molecular formula is C24H25N3O2S. The molecule has 2 saturated heterocycles. The molecule has 2 aliphatic heterocycles. The fourth-order valence-corrected chi connectivity index (χ4v) is 5.85. The largest absolute Gasteiger partial charge is 0.335 e. The van der Waals surface area contributed by atoms with Crippen molar-refractivity contribution in [2.24, 2.45) is 5.92 Å². The van der Waals surface area contributed by atoms with Gasteiger partial charge >= 0.3 is 0 Å². The van der Waals surface area contributed by atoms with Crippen molar-refractivity contribution in [2.75, 3.05) is 13.1 Å². The third-order valence-electron chi connectivity index (χ3n) is 6.39. The van der Waals surface area contributed by atoms with Gasteiger partial charge in [0, 0.05) is 19.5 Å². The highest BCUT2D eigenvalue weighted by Crippen LogP contribution is 2.38. The Morgan fingerprint density at radius 3 is 2.70 bits per heavy atom. The average Bonchev–Trinajstić information content (AvgIpc) is 3.50. The lowest BCUT2D eigenvalue weighted by molar-refractivity contribution is -0.136. The van der Waals surface area contributed by atoms with E-state index in [1.165, 1.54) is 0 Å². The molecule has 6 heteroatoms. The Hall–Kier alpha value is -2.73. The molecule has 5 nitrogen and oxygen atoms in total. The number of aromatic nitrogens is 1. The maximum atomic E-state index is 13.4. The number of fused-ring (bicyclic) bond motifs is 1. The minimum Gasteiger partial charge on any atom is -0.335 e. The summed E-state index contributed by atoms with van der Waals surface area (Å²) in [6.07, 6.45) is 2.23. The normalized spacial score (nSPS) is 22.8. The molecule has 2 aliphatic rings. The first kappa shape index (κ1) is 19.2. The van der Waals surface area contributed by atoms with E-state index >= 15 is 0 Å². The number of para-hydroxylation sites is 1. The molecule has 1 aromatic heterocycles. The zero-order chi connectivity index (χ0) is 20.7. The Morgan fingerprint density at radius 1 is 1.13 bits per heavy atom. The van der Waals surface area contributed by atoms with E-state index in [1.54, 1.807) is 11.3 Å². The lowest BCUT2D eigenvalue weighted by Crippen LogP contribution is -2.37. The molecule has 0 radical (unpaired) electrons. The van der Waals surface area contributed by atoms with Crippen molar-refractivity contribution in [3.8, 4) is 0 Å². The van der Waals surface area contributed by atoms with Gasteiger partial charge in [-0.05, 0) is 37.5 Å². The fraction of sp³-hybridized carbons (Fsp3) is 0.375. The fourth-order valence-electron chi connectivity index (χ4n) is 4.74. The van der Waals surface area contributed by atoms with E-state index in [4.69, 9.17) is 4.98 Å². The predicted octanol–water partition coefficient (Wildman–Crippen LogP) is 4.57. The highest BCUT2D eigenvalue weighted by Gasteiger charge is 2.42. The minimum atomic E-state index is -0.265. The van der Waals surface area contributed by atoms with Gasteiger partial charge in [0.1, 0.15) is 5.01 Å². The summed E-state index contributed by atoms with van der Waals surface area (Å²) in [5.74, 6) is -0.0908. The molecule has 3 heterocycles. The van der Waals surface area contributed by atoms with E-state index in [2.05, 4.69) is 6.07 Å². The van der Waals surface area contributed by atoms with Crippen molar-refractivity contribution >= 4 is 33.4 Å². The van der Waals surface area contributed by atoms with Gasteiger partial charge in [-0.1, -0.05) is 42.5 Å². The van der Waals surface area contributed by atoms with Gasteiger partial charge in [0.25, 0.3) is 0 Å². The molecule has 0 saturated carbocycles. The maximum Gasteiger partial charge on any atom is 0.228 e. The lowest BCUT2D eigenvalue weighted by Gasteiger charge is -2.28. The maximum absolute atomic E-state index is 13.4. The first-order valence-corrected chi connectivity index (χ1v) is 11.4. The van der Waals surface area contributed by atoms with Crippen LogP contribution < -0.4 is 0 Å². The third kappa shape index (κ3) is 3.39. The lowest BCUT2D eigenvalue weighted by atomic mass is 10.1. The molecular weight excluding hydrogens is 394 g/mol. The number of amides is 2. The smallest absolute Gasteiger partial charge is 0.228 e. The van der Waals surface area contributed by atoms with Gasteiger partial charge in [0.15, 0.2) is 0 Å². The number of likely N-dealkylation sites (tertiary alicyclic amines) is 2. The third-order valence-corrected chi connectivity index (χ3v) is 7.53. The Labute approximate surface area is 180 Å². The van der Waals surface area contributed by atoms with Crippen LogP contribution in [0.3, 0.4) is 0 Å². The summed E-state index contributed by atoms with van der Waals surface area (Å²) in [6.45, 7) is 3.29. The van der Waals surface area contributed by atoms with Crippen LogP contribution in [0.1, 0.15) is 48.8 Å². The van der Waals surface area contributed by atoms with Crippen LogP contribution in [0, 0.1) is 5.92 Å². The van der Waals surface area contributed by atoms with E-state index in [1.807, 2.05) is 65.3 Å². The van der Waals surface area contributed by atoms with E-state index in [0.717, 1.165) is 40.2 Å². The Bertz CT molecular complexity index is 1050.